The second kappa shape index (κ2) is 10.9. The van der Waals surface area contributed by atoms with Gasteiger partial charge in [0.1, 0.15) is 23.4 Å². The second-order valence-electron chi connectivity index (χ2n) is 8.40. The van der Waals surface area contributed by atoms with Crippen LogP contribution in [0.4, 0.5) is 10.1 Å². The van der Waals surface area contributed by atoms with Crippen molar-refractivity contribution < 1.29 is 13.6 Å². The maximum absolute atomic E-state index is 14.0. The van der Waals surface area contributed by atoms with Crippen LogP contribution in [-0.4, -0.2) is 27.4 Å². The van der Waals surface area contributed by atoms with Crippen molar-refractivity contribution in [3.05, 3.63) is 106 Å². The van der Waals surface area contributed by atoms with Gasteiger partial charge in [-0.1, -0.05) is 47.5 Å². The molecule has 1 saturated heterocycles. The third-order valence-corrected chi connectivity index (χ3v) is 7.23. The number of carbonyl (C=O) groups is 1. The molecule has 0 spiro atoms. The van der Waals surface area contributed by atoms with Crippen LogP contribution in [0.1, 0.15) is 30.0 Å². The van der Waals surface area contributed by atoms with Crippen LogP contribution < -0.4 is 10.6 Å². The van der Waals surface area contributed by atoms with Gasteiger partial charge >= 0.3 is 0 Å². The number of nitrogens with zero attached hydrogens (tertiary/aromatic N) is 2. The summed E-state index contributed by atoms with van der Waals surface area (Å²) in [7, 11) is 0. The van der Waals surface area contributed by atoms with E-state index >= 15 is 0 Å². The molecule has 0 saturated carbocycles. The number of aromatic nitrogens is 1. The van der Waals surface area contributed by atoms with Crippen LogP contribution in [0.3, 0.4) is 0 Å². The summed E-state index contributed by atoms with van der Waals surface area (Å²) in [5.74, 6) is 0.338. The van der Waals surface area contributed by atoms with Crippen LogP contribution in [0.2, 0.25) is 10.0 Å². The van der Waals surface area contributed by atoms with Crippen molar-refractivity contribution in [1.29, 1.82) is 0 Å². The number of thiocarbonyl (C=S) groups is 1. The highest BCUT2D eigenvalue weighted by molar-refractivity contribution is 7.80. The Balaban J connectivity index is 1.42. The third kappa shape index (κ3) is 5.32. The van der Waals surface area contributed by atoms with E-state index in [4.69, 9.17) is 39.8 Å². The molecular weight excluding hydrogens is 534 g/mol. The number of hydrogen-bond donors (Lipinski definition) is 2. The molecule has 2 aromatic heterocycles. The first-order valence-electron chi connectivity index (χ1n) is 11.5. The molecule has 2 atom stereocenters. The average Bonchev–Trinajstić information content (AvgIpc) is 3.51. The van der Waals surface area contributed by atoms with Crippen molar-refractivity contribution in [2.75, 3.05) is 11.9 Å². The first kappa shape index (κ1) is 25.2. The monoisotopic (exact) mass is 554 g/mol. The minimum absolute atomic E-state index is 0.0787. The van der Waals surface area contributed by atoms with E-state index in [-0.39, 0.29) is 30.6 Å². The average molecular weight is 555 g/mol. The normalized spacial score (nSPS) is 17.1. The van der Waals surface area contributed by atoms with Crippen molar-refractivity contribution in [3.8, 4) is 11.3 Å². The molecule has 0 bridgehead atoms. The van der Waals surface area contributed by atoms with E-state index < -0.39 is 11.9 Å². The van der Waals surface area contributed by atoms with Gasteiger partial charge in [0.05, 0.1) is 27.5 Å². The van der Waals surface area contributed by atoms with Gasteiger partial charge in [0.15, 0.2) is 5.11 Å². The quantitative estimate of drug-likeness (QED) is 0.245. The largest absolute Gasteiger partial charge is 0.459 e. The number of amides is 1. The number of halogens is 3. The van der Waals surface area contributed by atoms with Gasteiger partial charge < -0.3 is 20.0 Å². The van der Waals surface area contributed by atoms with Gasteiger partial charge in [-0.3, -0.25) is 9.78 Å². The summed E-state index contributed by atoms with van der Waals surface area (Å²) in [6, 6.07) is 20.0. The Morgan fingerprint density at radius 2 is 1.89 bits per heavy atom. The predicted molar refractivity (Wildman–Crippen MR) is 146 cm³/mol. The Hall–Kier alpha value is -3.46. The van der Waals surface area contributed by atoms with Crippen LogP contribution in [0.25, 0.3) is 11.3 Å². The SMILES string of the molecule is O=C(CCN1C(=S)NC(c2ccccn2)C1c1ccc(-c2cccc(Cl)c2Cl)o1)Nc1ccccc1F. The second-order valence-corrected chi connectivity index (χ2v) is 9.57. The number of nitrogens with one attached hydrogen (secondary N) is 2. The summed E-state index contributed by atoms with van der Waals surface area (Å²) < 4.78 is 20.3. The minimum atomic E-state index is -0.495. The molecular formula is C27H21Cl2FN4O2S. The maximum Gasteiger partial charge on any atom is 0.226 e. The zero-order valence-electron chi connectivity index (χ0n) is 19.3. The summed E-state index contributed by atoms with van der Waals surface area (Å²) in [5.41, 5.74) is 1.57. The number of carbonyl (C=O) groups excluding carboxylic acids is 1. The Kier molecular flexibility index (Phi) is 7.41. The number of para-hydroxylation sites is 1. The van der Waals surface area contributed by atoms with E-state index in [1.54, 1.807) is 30.5 Å². The lowest BCUT2D eigenvalue weighted by Gasteiger charge is -2.25. The van der Waals surface area contributed by atoms with Gasteiger partial charge in [-0.25, -0.2) is 4.39 Å². The van der Waals surface area contributed by atoms with E-state index in [1.807, 2.05) is 41.3 Å². The van der Waals surface area contributed by atoms with Crippen molar-refractivity contribution in [3.63, 3.8) is 0 Å². The van der Waals surface area contributed by atoms with Crippen LogP contribution in [-0.2, 0) is 4.79 Å². The third-order valence-electron chi connectivity index (χ3n) is 6.06. The Morgan fingerprint density at radius 3 is 2.68 bits per heavy atom. The molecule has 5 rings (SSSR count). The highest BCUT2D eigenvalue weighted by Crippen LogP contribution is 2.42. The molecule has 1 fully saturated rings. The summed E-state index contributed by atoms with van der Waals surface area (Å²) in [6.45, 7) is 0.272. The van der Waals surface area contributed by atoms with Gasteiger partial charge in [-0.2, -0.15) is 0 Å². The molecule has 2 N–H and O–H groups in total. The van der Waals surface area contributed by atoms with Crippen LogP contribution in [0.15, 0.2) is 83.4 Å². The van der Waals surface area contributed by atoms with Gasteiger partial charge in [0, 0.05) is 24.7 Å². The molecule has 188 valence electrons. The molecule has 6 nitrogen and oxygen atoms in total. The molecule has 3 heterocycles. The number of anilines is 1. The molecule has 10 heteroatoms. The van der Waals surface area contributed by atoms with Crippen molar-refractivity contribution in [2.24, 2.45) is 0 Å². The van der Waals surface area contributed by atoms with Crippen LogP contribution >= 0.6 is 35.4 Å². The highest BCUT2D eigenvalue weighted by atomic mass is 35.5. The van der Waals surface area contributed by atoms with Gasteiger partial charge in [-0.15, -0.1) is 0 Å². The molecule has 0 radical (unpaired) electrons. The topological polar surface area (TPSA) is 70.4 Å². The standard InChI is InChI=1S/C27H21Cl2FN4O2S/c28-17-7-5-6-16(24(17)29)21-11-12-22(36-21)26-25(20-10-3-4-14-31-20)33-27(37)34(26)15-13-23(35)32-19-9-2-1-8-18(19)30/h1-12,14,25-26H,13,15H2,(H,32,35)(H,33,37). The Labute approximate surface area is 228 Å². The first-order chi connectivity index (χ1) is 17.9. The fourth-order valence-electron chi connectivity index (χ4n) is 4.30. The first-order valence-corrected chi connectivity index (χ1v) is 12.7. The summed E-state index contributed by atoms with van der Waals surface area (Å²) >= 11 is 18.3. The van der Waals surface area contributed by atoms with E-state index in [0.29, 0.717) is 32.2 Å². The number of pyridine rings is 1. The summed E-state index contributed by atoms with van der Waals surface area (Å²) in [6.07, 6.45) is 1.79. The highest BCUT2D eigenvalue weighted by Gasteiger charge is 2.41. The smallest absolute Gasteiger partial charge is 0.226 e. The molecule has 4 aromatic rings. The summed E-state index contributed by atoms with van der Waals surface area (Å²) in [5, 5.41) is 7.21. The van der Waals surface area contributed by atoms with Crippen LogP contribution in [0, 0.1) is 5.82 Å². The Bertz CT molecular complexity index is 1450. The van der Waals surface area contributed by atoms with E-state index in [1.165, 1.54) is 12.1 Å². The van der Waals surface area contributed by atoms with Gasteiger partial charge in [0.2, 0.25) is 5.91 Å². The molecule has 37 heavy (non-hydrogen) atoms. The molecule has 2 unspecified atom stereocenters. The Morgan fingerprint density at radius 1 is 1.08 bits per heavy atom. The van der Waals surface area contributed by atoms with Gasteiger partial charge in [-0.05, 0) is 60.7 Å². The van der Waals surface area contributed by atoms with E-state index in [2.05, 4.69) is 15.6 Å². The molecule has 1 aliphatic heterocycles. The number of benzene rings is 2. The zero-order valence-corrected chi connectivity index (χ0v) is 21.7. The van der Waals surface area contributed by atoms with Crippen molar-refractivity contribution in [1.82, 2.24) is 15.2 Å². The number of rotatable bonds is 7. The van der Waals surface area contributed by atoms with E-state index in [9.17, 15) is 9.18 Å². The summed E-state index contributed by atoms with van der Waals surface area (Å²) in [4.78, 5) is 19.0. The van der Waals surface area contributed by atoms with Crippen molar-refractivity contribution in [2.45, 2.75) is 18.5 Å². The van der Waals surface area contributed by atoms with Crippen LogP contribution in [0.5, 0.6) is 0 Å². The fourth-order valence-corrected chi connectivity index (χ4v) is 5.03. The molecule has 1 amide bonds. The number of furan rings is 1. The molecule has 0 aliphatic carbocycles. The predicted octanol–water partition coefficient (Wildman–Crippen LogP) is 6.79. The lowest BCUT2D eigenvalue weighted by molar-refractivity contribution is -0.116. The van der Waals surface area contributed by atoms with Gasteiger partial charge in [0.25, 0.3) is 0 Å². The lowest BCUT2D eigenvalue weighted by atomic mass is 10.0. The molecule has 1 aliphatic rings. The minimum Gasteiger partial charge on any atom is -0.459 e. The fraction of sp³-hybridized carbons (Fsp3) is 0.148. The van der Waals surface area contributed by atoms with E-state index in [0.717, 1.165) is 5.69 Å². The maximum atomic E-state index is 14.0. The molecule has 2 aromatic carbocycles. The zero-order chi connectivity index (χ0) is 25.9. The number of hydrogen-bond acceptors (Lipinski definition) is 4. The van der Waals surface area contributed by atoms with Crippen molar-refractivity contribution >= 4 is 52.1 Å². The lowest BCUT2D eigenvalue weighted by Crippen LogP contribution is -2.32.